The highest BCUT2D eigenvalue weighted by molar-refractivity contribution is 6.00. The van der Waals surface area contributed by atoms with Crippen molar-refractivity contribution < 1.29 is 9.13 Å². The van der Waals surface area contributed by atoms with Gasteiger partial charge in [-0.2, -0.15) is 9.97 Å². The maximum Gasteiger partial charge on any atom is 0.319 e. The highest BCUT2D eigenvalue weighted by Crippen LogP contribution is 2.40. The van der Waals surface area contributed by atoms with Crippen LogP contribution in [0.5, 0.6) is 6.01 Å². The van der Waals surface area contributed by atoms with Gasteiger partial charge >= 0.3 is 6.01 Å². The molecule has 0 aliphatic carbocycles. The molecule has 4 fully saturated rings. The molecule has 4 saturated heterocycles. The molecule has 218 valence electrons. The van der Waals surface area contributed by atoms with E-state index in [0.29, 0.717) is 35.3 Å². The van der Waals surface area contributed by atoms with E-state index in [1.807, 2.05) is 12.1 Å². The van der Waals surface area contributed by atoms with Gasteiger partial charge in [0.1, 0.15) is 23.6 Å². The number of pyridine rings is 1. The third-order valence-corrected chi connectivity index (χ3v) is 10.2. The van der Waals surface area contributed by atoms with Crippen LogP contribution in [0.2, 0.25) is 0 Å². The van der Waals surface area contributed by atoms with E-state index < -0.39 is 5.82 Å². The Kier molecular flexibility index (Phi) is 6.52. The van der Waals surface area contributed by atoms with Crippen molar-refractivity contribution >= 4 is 27.5 Å². The fourth-order valence-electron chi connectivity index (χ4n) is 8.24. The van der Waals surface area contributed by atoms with Crippen LogP contribution in [-0.4, -0.2) is 70.3 Å². The van der Waals surface area contributed by atoms with Crippen LogP contribution in [0.25, 0.3) is 32.9 Å². The van der Waals surface area contributed by atoms with Crippen molar-refractivity contribution in [3.8, 4) is 17.3 Å². The summed E-state index contributed by atoms with van der Waals surface area (Å²) in [5, 5.41) is 6.52. The molecule has 2 bridgehead atoms. The Labute approximate surface area is 246 Å². The third kappa shape index (κ3) is 4.33. The number of aryl methyl sites for hydroxylation is 1. The van der Waals surface area contributed by atoms with E-state index >= 15 is 4.39 Å². The molecule has 0 spiro atoms. The van der Waals surface area contributed by atoms with Crippen LogP contribution in [0.15, 0.2) is 42.6 Å². The number of ether oxygens (including phenoxy) is 1. The zero-order valence-corrected chi connectivity index (χ0v) is 24.4. The highest BCUT2D eigenvalue weighted by Gasteiger charge is 2.45. The minimum Gasteiger partial charge on any atom is -0.461 e. The summed E-state index contributed by atoms with van der Waals surface area (Å²) in [6.07, 6.45) is 10.7. The number of benzene rings is 2. The summed E-state index contributed by atoms with van der Waals surface area (Å²) in [5.74, 6) is 0.336. The van der Waals surface area contributed by atoms with Crippen molar-refractivity contribution in [2.24, 2.45) is 0 Å². The fraction of sp³-hybridized carbons (Fsp3) is 0.500. The molecule has 8 heteroatoms. The van der Waals surface area contributed by atoms with Gasteiger partial charge in [-0.05, 0) is 74.4 Å². The Bertz CT molecular complexity index is 1630. The molecule has 0 amide bonds. The SMILES string of the molecule is CCCc1cccc2cccc(-c3ncc4c(N5CC6CCC(C5)N6)nc(OCC56CCCN5CCC6)nc4c3F)c12. The van der Waals surface area contributed by atoms with Gasteiger partial charge in [0.2, 0.25) is 0 Å². The van der Waals surface area contributed by atoms with E-state index in [0.717, 1.165) is 86.9 Å². The quantitative estimate of drug-likeness (QED) is 0.300. The van der Waals surface area contributed by atoms with Crippen molar-refractivity contribution in [1.82, 2.24) is 25.2 Å². The predicted molar refractivity (Wildman–Crippen MR) is 165 cm³/mol. The number of rotatable bonds is 7. The highest BCUT2D eigenvalue weighted by atomic mass is 19.1. The van der Waals surface area contributed by atoms with Gasteiger partial charge in [0.05, 0.1) is 10.9 Å². The first-order valence-electron chi connectivity index (χ1n) is 15.9. The maximum atomic E-state index is 16.8. The van der Waals surface area contributed by atoms with Gasteiger partial charge in [0.15, 0.2) is 5.82 Å². The average Bonchev–Trinajstić information content (AvgIpc) is 3.69. The second kappa shape index (κ2) is 10.4. The largest absolute Gasteiger partial charge is 0.461 e. The lowest BCUT2D eigenvalue weighted by Gasteiger charge is -2.34. The molecule has 2 atom stereocenters. The predicted octanol–water partition coefficient (Wildman–Crippen LogP) is 5.88. The molecular weight excluding hydrogens is 527 g/mol. The Morgan fingerprint density at radius 3 is 2.55 bits per heavy atom. The van der Waals surface area contributed by atoms with Crippen molar-refractivity contribution in [3.63, 3.8) is 0 Å². The van der Waals surface area contributed by atoms with Crippen LogP contribution < -0.4 is 15.0 Å². The maximum absolute atomic E-state index is 16.8. The number of fused-ring (bicyclic) bond motifs is 5. The number of halogens is 1. The second-order valence-corrected chi connectivity index (χ2v) is 12.8. The molecule has 1 N–H and O–H groups in total. The first kappa shape index (κ1) is 26.3. The molecular formula is C34H39FN6O. The molecule has 7 nitrogen and oxygen atoms in total. The molecule has 8 rings (SSSR count). The smallest absolute Gasteiger partial charge is 0.319 e. The zero-order chi connectivity index (χ0) is 28.3. The zero-order valence-electron chi connectivity index (χ0n) is 24.4. The summed E-state index contributed by atoms with van der Waals surface area (Å²) in [5.41, 5.74) is 2.72. The van der Waals surface area contributed by atoms with Gasteiger partial charge in [-0.3, -0.25) is 9.88 Å². The van der Waals surface area contributed by atoms with Crippen LogP contribution in [0.3, 0.4) is 0 Å². The lowest BCUT2D eigenvalue weighted by molar-refractivity contribution is 0.108. The van der Waals surface area contributed by atoms with Crippen LogP contribution in [0.4, 0.5) is 10.2 Å². The minimum atomic E-state index is -0.403. The first-order chi connectivity index (χ1) is 20.6. The van der Waals surface area contributed by atoms with Gasteiger partial charge in [-0.1, -0.05) is 49.7 Å². The lowest BCUT2D eigenvalue weighted by atomic mass is 9.94. The van der Waals surface area contributed by atoms with E-state index in [2.05, 4.69) is 46.3 Å². The number of anilines is 1. The van der Waals surface area contributed by atoms with E-state index in [9.17, 15) is 0 Å². The molecule has 0 radical (unpaired) electrons. The molecule has 2 aromatic carbocycles. The Morgan fingerprint density at radius 1 is 1.02 bits per heavy atom. The first-order valence-corrected chi connectivity index (χ1v) is 15.9. The number of nitrogens with zero attached hydrogens (tertiary/aromatic N) is 5. The summed E-state index contributed by atoms with van der Waals surface area (Å²) in [4.78, 5) is 19.4. The number of hydrogen-bond donors (Lipinski definition) is 1. The standard InChI is InChI=1S/C34H39FN6O/c1-2-7-22-8-3-9-23-10-4-11-26(28(22)23)30-29(35)31-27(18-36-30)32(40-19-24-12-13-25(20-40)37-24)39-33(38-31)42-21-34-14-5-16-41(34)17-6-15-34/h3-4,8-11,18,24-25,37H,2,5-7,12-17,19-21H2,1H3. The van der Waals surface area contributed by atoms with E-state index in [4.69, 9.17) is 19.7 Å². The van der Waals surface area contributed by atoms with Crippen molar-refractivity contribution in [1.29, 1.82) is 0 Å². The van der Waals surface area contributed by atoms with Crippen molar-refractivity contribution in [2.75, 3.05) is 37.7 Å². The molecule has 4 aliphatic heterocycles. The van der Waals surface area contributed by atoms with E-state index in [1.165, 1.54) is 18.4 Å². The van der Waals surface area contributed by atoms with Crippen LogP contribution in [0, 0.1) is 5.82 Å². The molecule has 2 unspecified atom stereocenters. The molecule has 0 saturated carbocycles. The topological polar surface area (TPSA) is 66.4 Å². The summed E-state index contributed by atoms with van der Waals surface area (Å²) in [7, 11) is 0. The third-order valence-electron chi connectivity index (χ3n) is 10.2. The molecule has 42 heavy (non-hydrogen) atoms. The number of hydrogen-bond acceptors (Lipinski definition) is 7. The molecule has 6 heterocycles. The van der Waals surface area contributed by atoms with Gasteiger partial charge in [-0.25, -0.2) is 4.39 Å². The molecule has 4 aromatic rings. The van der Waals surface area contributed by atoms with Crippen molar-refractivity contribution in [2.45, 2.75) is 75.9 Å². The summed E-state index contributed by atoms with van der Waals surface area (Å²) < 4.78 is 23.2. The van der Waals surface area contributed by atoms with Crippen LogP contribution in [0.1, 0.15) is 57.4 Å². The number of aromatic nitrogens is 3. The molecule has 2 aromatic heterocycles. The number of piperazine rings is 1. The van der Waals surface area contributed by atoms with E-state index in [1.54, 1.807) is 6.20 Å². The minimum absolute atomic E-state index is 0.0627. The molecule has 4 aliphatic rings. The van der Waals surface area contributed by atoms with Gasteiger partial charge < -0.3 is 15.0 Å². The van der Waals surface area contributed by atoms with Gasteiger partial charge in [-0.15, -0.1) is 0 Å². The summed E-state index contributed by atoms with van der Waals surface area (Å²) in [6, 6.07) is 13.5. The Morgan fingerprint density at radius 2 is 1.79 bits per heavy atom. The van der Waals surface area contributed by atoms with Gasteiger partial charge in [0, 0.05) is 36.9 Å². The van der Waals surface area contributed by atoms with Crippen LogP contribution in [-0.2, 0) is 6.42 Å². The fourth-order valence-corrected chi connectivity index (χ4v) is 8.24. The van der Waals surface area contributed by atoms with Crippen molar-refractivity contribution in [3.05, 3.63) is 54.0 Å². The second-order valence-electron chi connectivity index (χ2n) is 12.8. The summed E-state index contributed by atoms with van der Waals surface area (Å²) in [6.45, 7) is 6.67. The Hall–Kier alpha value is -3.36. The van der Waals surface area contributed by atoms with Gasteiger partial charge in [0.25, 0.3) is 0 Å². The normalized spacial score (nSPS) is 23.2. The number of nitrogens with one attached hydrogen (secondary N) is 1. The van der Waals surface area contributed by atoms with E-state index in [-0.39, 0.29) is 11.5 Å². The lowest BCUT2D eigenvalue weighted by Crippen LogP contribution is -2.51. The Balaban J connectivity index is 1.25. The van der Waals surface area contributed by atoms with Crippen LogP contribution >= 0.6 is 0 Å². The monoisotopic (exact) mass is 566 g/mol. The average molecular weight is 567 g/mol. The summed E-state index contributed by atoms with van der Waals surface area (Å²) >= 11 is 0.